The second-order valence-electron chi connectivity index (χ2n) is 7.84. The quantitative estimate of drug-likeness (QED) is 0.287. The number of aromatic hydroxyl groups is 1. The van der Waals surface area contributed by atoms with E-state index < -0.39 is 23.7 Å². The van der Waals surface area contributed by atoms with Gasteiger partial charge in [0.1, 0.15) is 23.2 Å². The third-order valence-corrected chi connectivity index (χ3v) is 5.20. The standard InChI is InChI=1S/C26H20FN5O4.ClH/c1-14(29)25(34)30-17-5-2-4-15(10-17)19-12-21(18-8-7-16(27)11-22(18)33)31-24(20(19)13-28)32-26(35)23-6-3-9-36-23;/h2-12,14,33H,29H2,1H3,(H,30,34)(H,31,32,35);1H. The summed E-state index contributed by atoms with van der Waals surface area (Å²) >= 11 is 0. The number of anilines is 2. The molecule has 37 heavy (non-hydrogen) atoms. The van der Waals surface area contributed by atoms with E-state index in [9.17, 15) is 24.3 Å². The van der Waals surface area contributed by atoms with Gasteiger partial charge in [-0.25, -0.2) is 9.37 Å². The van der Waals surface area contributed by atoms with Gasteiger partial charge in [-0.3, -0.25) is 9.59 Å². The number of benzene rings is 2. The van der Waals surface area contributed by atoms with Crippen molar-refractivity contribution in [2.24, 2.45) is 5.73 Å². The van der Waals surface area contributed by atoms with E-state index in [1.807, 2.05) is 0 Å². The van der Waals surface area contributed by atoms with Crippen LogP contribution < -0.4 is 16.4 Å². The maximum absolute atomic E-state index is 13.6. The lowest BCUT2D eigenvalue weighted by atomic mass is 9.97. The van der Waals surface area contributed by atoms with E-state index in [4.69, 9.17) is 10.2 Å². The molecule has 1 atom stereocenters. The van der Waals surface area contributed by atoms with Crippen LogP contribution in [0.25, 0.3) is 22.4 Å². The molecule has 2 aromatic heterocycles. The number of phenolic OH excluding ortho intramolecular Hbond substituents is 1. The first-order chi connectivity index (χ1) is 17.3. The zero-order valence-corrected chi connectivity index (χ0v) is 20.2. The largest absolute Gasteiger partial charge is 0.507 e. The molecule has 1 unspecified atom stereocenters. The molecule has 0 saturated heterocycles. The fourth-order valence-electron chi connectivity index (χ4n) is 3.43. The normalized spacial score (nSPS) is 11.1. The molecule has 2 heterocycles. The second-order valence-corrected chi connectivity index (χ2v) is 7.84. The van der Waals surface area contributed by atoms with Gasteiger partial charge in [-0.1, -0.05) is 12.1 Å². The molecule has 0 aliphatic rings. The fourth-order valence-corrected chi connectivity index (χ4v) is 3.43. The Balaban J connectivity index is 0.00000380. The van der Waals surface area contributed by atoms with E-state index in [1.54, 1.807) is 31.2 Å². The summed E-state index contributed by atoms with van der Waals surface area (Å²) in [5.74, 6) is -2.16. The third kappa shape index (κ3) is 5.92. The first kappa shape index (κ1) is 26.9. The monoisotopic (exact) mass is 521 g/mol. The number of nitrogens with zero attached hydrogens (tertiary/aromatic N) is 2. The zero-order chi connectivity index (χ0) is 25.8. The molecule has 9 nitrogen and oxygen atoms in total. The van der Waals surface area contributed by atoms with Crippen molar-refractivity contribution in [1.82, 2.24) is 4.98 Å². The first-order valence-electron chi connectivity index (χ1n) is 10.7. The molecular formula is C26H21ClFN5O4. The Morgan fingerprint density at radius 3 is 2.54 bits per heavy atom. The number of amides is 2. The Kier molecular flexibility index (Phi) is 8.24. The van der Waals surface area contributed by atoms with Gasteiger partial charge in [-0.05, 0) is 55.0 Å². The van der Waals surface area contributed by atoms with Crippen molar-refractivity contribution < 1.29 is 23.5 Å². The number of nitriles is 1. The van der Waals surface area contributed by atoms with Crippen molar-refractivity contribution in [1.29, 1.82) is 5.26 Å². The van der Waals surface area contributed by atoms with Gasteiger partial charge in [0.25, 0.3) is 5.91 Å². The van der Waals surface area contributed by atoms with Crippen LogP contribution in [0, 0.1) is 17.1 Å². The highest BCUT2D eigenvalue weighted by Crippen LogP contribution is 2.36. The molecule has 0 fully saturated rings. The molecule has 0 bridgehead atoms. The number of carbonyl (C=O) groups is 2. The number of phenols is 1. The summed E-state index contributed by atoms with van der Waals surface area (Å²) in [6.07, 6.45) is 1.33. The minimum absolute atomic E-state index is 0. The van der Waals surface area contributed by atoms with E-state index in [0.717, 1.165) is 12.1 Å². The average Bonchev–Trinajstić information content (AvgIpc) is 3.39. The van der Waals surface area contributed by atoms with Crippen molar-refractivity contribution in [2.75, 3.05) is 10.6 Å². The highest BCUT2D eigenvalue weighted by atomic mass is 35.5. The second kappa shape index (κ2) is 11.3. The molecule has 0 radical (unpaired) electrons. The van der Waals surface area contributed by atoms with Crippen molar-refractivity contribution in [3.8, 4) is 34.2 Å². The number of halogens is 2. The highest BCUT2D eigenvalue weighted by Gasteiger charge is 2.20. The molecule has 2 aromatic carbocycles. The number of pyridine rings is 1. The van der Waals surface area contributed by atoms with E-state index in [2.05, 4.69) is 21.7 Å². The molecule has 0 aliphatic heterocycles. The maximum atomic E-state index is 13.6. The predicted octanol–water partition coefficient (Wildman–Crippen LogP) is 4.68. The number of hydrogen-bond donors (Lipinski definition) is 4. The smallest absolute Gasteiger partial charge is 0.292 e. The Morgan fingerprint density at radius 2 is 1.89 bits per heavy atom. The van der Waals surface area contributed by atoms with Crippen LogP contribution in [0.2, 0.25) is 0 Å². The van der Waals surface area contributed by atoms with Gasteiger partial charge in [0.05, 0.1) is 18.0 Å². The van der Waals surface area contributed by atoms with Crippen LogP contribution in [0.4, 0.5) is 15.9 Å². The molecular weight excluding hydrogens is 501 g/mol. The minimum atomic E-state index is -0.735. The van der Waals surface area contributed by atoms with Crippen LogP contribution >= 0.6 is 12.4 Å². The van der Waals surface area contributed by atoms with E-state index in [-0.39, 0.29) is 46.6 Å². The number of hydrogen-bond acceptors (Lipinski definition) is 7. The Labute approximate surface area is 217 Å². The van der Waals surface area contributed by atoms with Gasteiger partial charge in [-0.2, -0.15) is 5.26 Å². The fraction of sp³-hybridized carbons (Fsp3) is 0.0769. The van der Waals surface area contributed by atoms with Gasteiger partial charge < -0.3 is 25.9 Å². The van der Waals surface area contributed by atoms with Crippen LogP contribution in [0.1, 0.15) is 23.0 Å². The summed E-state index contributed by atoms with van der Waals surface area (Å²) in [6, 6.07) is 15.9. The minimum Gasteiger partial charge on any atom is -0.507 e. The molecule has 2 amide bonds. The molecule has 0 aliphatic carbocycles. The number of aromatic nitrogens is 1. The lowest BCUT2D eigenvalue weighted by Crippen LogP contribution is -2.32. The first-order valence-corrected chi connectivity index (χ1v) is 10.7. The summed E-state index contributed by atoms with van der Waals surface area (Å²) in [6.45, 7) is 1.55. The van der Waals surface area contributed by atoms with Crippen molar-refractivity contribution >= 4 is 35.7 Å². The highest BCUT2D eigenvalue weighted by molar-refractivity contribution is 6.03. The van der Waals surface area contributed by atoms with E-state index in [0.29, 0.717) is 16.8 Å². The molecule has 5 N–H and O–H groups in total. The average molecular weight is 522 g/mol. The summed E-state index contributed by atoms with van der Waals surface area (Å²) in [7, 11) is 0. The number of furan rings is 1. The van der Waals surface area contributed by atoms with Crippen molar-refractivity contribution in [3.63, 3.8) is 0 Å². The topological polar surface area (TPSA) is 154 Å². The van der Waals surface area contributed by atoms with Crippen molar-refractivity contribution in [2.45, 2.75) is 13.0 Å². The van der Waals surface area contributed by atoms with Crippen LogP contribution in [-0.2, 0) is 4.79 Å². The van der Waals surface area contributed by atoms with Gasteiger partial charge in [0.2, 0.25) is 5.91 Å². The lowest BCUT2D eigenvalue weighted by molar-refractivity contribution is -0.117. The molecule has 188 valence electrons. The van der Waals surface area contributed by atoms with Gasteiger partial charge in [-0.15, -0.1) is 12.4 Å². The van der Waals surface area contributed by atoms with Gasteiger partial charge in [0.15, 0.2) is 11.6 Å². The van der Waals surface area contributed by atoms with Gasteiger partial charge >= 0.3 is 0 Å². The summed E-state index contributed by atoms with van der Waals surface area (Å²) in [4.78, 5) is 29.1. The molecule has 4 aromatic rings. The maximum Gasteiger partial charge on any atom is 0.292 e. The van der Waals surface area contributed by atoms with Gasteiger partial charge in [0, 0.05) is 22.9 Å². The third-order valence-electron chi connectivity index (χ3n) is 5.20. The van der Waals surface area contributed by atoms with Crippen molar-refractivity contribution in [3.05, 3.63) is 84.1 Å². The van der Waals surface area contributed by atoms with Crippen LogP contribution in [-0.4, -0.2) is 27.9 Å². The number of carbonyl (C=O) groups excluding carboxylic acids is 2. The number of nitrogens with one attached hydrogen (secondary N) is 2. The zero-order valence-electron chi connectivity index (χ0n) is 19.4. The molecule has 11 heteroatoms. The Morgan fingerprint density at radius 1 is 1.11 bits per heavy atom. The van der Waals surface area contributed by atoms with Crippen LogP contribution in [0.15, 0.2) is 71.3 Å². The Hall–Kier alpha value is -4.72. The molecule has 4 rings (SSSR count). The molecule has 0 saturated carbocycles. The predicted molar refractivity (Wildman–Crippen MR) is 138 cm³/mol. The SMILES string of the molecule is CC(N)C(=O)Nc1cccc(-c2cc(-c3ccc(F)cc3O)nc(NC(=O)c3ccco3)c2C#N)c1.Cl. The summed E-state index contributed by atoms with van der Waals surface area (Å²) < 4.78 is 18.7. The Bertz CT molecular complexity index is 1500. The van der Waals surface area contributed by atoms with E-state index >= 15 is 0 Å². The summed E-state index contributed by atoms with van der Waals surface area (Å²) in [5.41, 5.74) is 7.29. The number of rotatable bonds is 6. The lowest BCUT2D eigenvalue weighted by Gasteiger charge is -2.15. The molecule has 0 spiro atoms. The van der Waals surface area contributed by atoms with Crippen LogP contribution in [0.3, 0.4) is 0 Å². The van der Waals surface area contributed by atoms with E-state index in [1.165, 1.54) is 30.5 Å². The number of nitrogens with two attached hydrogens (primary N) is 1. The van der Waals surface area contributed by atoms with Crippen LogP contribution in [0.5, 0.6) is 5.75 Å². The summed E-state index contributed by atoms with van der Waals surface area (Å²) in [5, 5.41) is 25.6.